The minimum absolute atomic E-state index is 0.0177. The monoisotopic (exact) mass is 370 g/mol. The zero-order chi connectivity index (χ0) is 18.1. The molecule has 4 rings (SSSR count). The largest absolute Gasteiger partial charge is 0.472 e. The van der Waals surface area contributed by atoms with Crippen molar-refractivity contribution in [2.75, 3.05) is 24.7 Å². The number of nitrogens with zero attached hydrogens (tertiary/aromatic N) is 1. The number of carbonyl (C=O) groups excluding carboxylic acids is 2. The second-order valence-electron chi connectivity index (χ2n) is 7.14. The van der Waals surface area contributed by atoms with E-state index in [1.54, 1.807) is 17.8 Å². The highest BCUT2D eigenvalue weighted by Crippen LogP contribution is 2.59. The van der Waals surface area contributed by atoms with Gasteiger partial charge in [0.2, 0.25) is 5.91 Å². The van der Waals surface area contributed by atoms with E-state index in [1.165, 1.54) is 17.4 Å². The molecule has 1 saturated carbocycles. The third-order valence-corrected chi connectivity index (χ3v) is 6.42. The van der Waals surface area contributed by atoms with Gasteiger partial charge in [0.05, 0.1) is 11.8 Å². The second kappa shape index (κ2) is 6.83. The average molecular weight is 370 g/mol. The minimum atomic E-state index is 0.0177. The number of anilines is 1. The quantitative estimate of drug-likeness (QED) is 0.830. The Morgan fingerprint density at radius 3 is 2.54 bits per heavy atom. The molecule has 2 amide bonds. The van der Waals surface area contributed by atoms with Crippen LogP contribution < -0.4 is 5.32 Å². The highest BCUT2D eigenvalue weighted by molar-refractivity contribution is 7.98. The molecule has 1 aliphatic carbocycles. The van der Waals surface area contributed by atoms with Crippen molar-refractivity contribution >= 4 is 29.3 Å². The van der Waals surface area contributed by atoms with E-state index < -0.39 is 0 Å². The number of thioether (sulfide) groups is 1. The molecular weight excluding hydrogens is 348 g/mol. The van der Waals surface area contributed by atoms with Gasteiger partial charge in [0.15, 0.2) is 0 Å². The zero-order valence-corrected chi connectivity index (χ0v) is 15.6. The highest BCUT2D eigenvalue weighted by atomic mass is 32.2. The lowest BCUT2D eigenvalue weighted by atomic mass is 9.90. The maximum absolute atomic E-state index is 12.6. The van der Waals surface area contributed by atoms with Gasteiger partial charge in [0, 0.05) is 29.6 Å². The third kappa shape index (κ3) is 3.26. The maximum atomic E-state index is 12.6. The summed E-state index contributed by atoms with van der Waals surface area (Å²) >= 11 is 1.68. The Balaban J connectivity index is 1.32. The lowest BCUT2D eigenvalue weighted by Gasteiger charge is -2.32. The van der Waals surface area contributed by atoms with Crippen LogP contribution in [0.15, 0.2) is 52.2 Å². The molecule has 1 saturated heterocycles. The first-order valence-electron chi connectivity index (χ1n) is 8.88. The van der Waals surface area contributed by atoms with Gasteiger partial charge in [-0.3, -0.25) is 9.59 Å². The summed E-state index contributed by atoms with van der Waals surface area (Å²) in [7, 11) is 0. The van der Waals surface area contributed by atoms with Crippen molar-refractivity contribution in [3.05, 3.63) is 48.4 Å². The fourth-order valence-corrected chi connectivity index (χ4v) is 4.31. The molecule has 2 heterocycles. The summed E-state index contributed by atoms with van der Waals surface area (Å²) in [5, 5.41) is 3.04. The molecule has 2 aliphatic rings. The van der Waals surface area contributed by atoms with Crippen molar-refractivity contribution in [3.8, 4) is 0 Å². The van der Waals surface area contributed by atoms with Gasteiger partial charge in [-0.2, -0.15) is 0 Å². The number of hydrogen-bond acceptors (Lipinski definition) is 4. The van der Waals surface area contributed by atoms with Gasteiger partial charge < -0.3 is 14.6 Å². The Bertz CT molecular complexity index is 793. The van der Waals surface area contributed by atoms with Crippen LogP contribution in [0.2, 0.25) is 0 Å². The van der Waals surface area contributed by atoms with Crippen molar-refractivity contribution in [2.45, 2.75) is 24.2 Å². The number of nitrogens with one attached hydrogen (secondary N) is 1. The third-order valence-electron chi connectivity index (χ3n) is 5.68. The molecule has 1 N–H and O–H groups in total. The predicted octanol–water partition coefficient (Wildman–Crippen LogP) is 3.88. The van der Waals surface area contributed by atoms with E-state index >= 15 is 0 Å². The fraction of sp³-hybridized carbons (Fsp3) is 0.400. The summed E-state index contributed by atoms with van der Waals surface area (Å²) in [6, 6.07) is 9.63. The SMILES string of the molecule is CSc1ccc(NC(=O)C2CC23CCN(C(=O)c2ccoc2)CC3)cc1. The van der Waals surface area contributed by atoms with Gasteiger partial charge in [-0.1, -0.05) is 0 Å². The van der Waals surface area contributed by atoms with E-state index in [-0.39, 0.29) is 23.1 Å². The smallest absolute Gasteiger partial charge is 0.257 e. The standard InChI is InChI=1S/C20H22N2O3S/c1-26-16-4-2-15(3-5-16)21-18(23)17-12-20(17)7-9-22(10-8-20)19(24)14-6-11-25-13-14/h2-6,11,13,17H,7-10,12H2,1H3,(H,21,23). The Labute approximate surface area is 157 Å². The van der Waals surface area contributed by atoms with Gasteiger partial charge in [0.25, 0.3) is 5.91 Å². The second-order valence-corrected chi connectivity index (χ2v) is 8.02. The number of likely N-dealkylation sites (tertiary alicyclic amines) is 1. The number of furan rings is 1. The van der Waals surface area contributed by atoms with Gasteiger partial charge in [-0.05, 0) is 61.3 Å². The Morgan fingerprint density at radius 1 is 1.19 bits per heavy atom. The van der Waals surface area contributed by atoms with Gasteiger partial charge >= 0.3 is 0 Å². The number of amides is 2. The van der Waals surface area contributed by atoms with Crippen LogP contribution in [0.3, 0.4) is 0 Å². The van der Waals surface area contributed by atoms with Crippen LogP contribution in [0.1, 0.15) is 29.6 Å². The van der Waals surface area contributed by atoms with Gasteiger partial charge in [0.1, 0.15) is 6.26 Å². The average Bonchev–Trinajstić information content (AvgIpc) is 3.10. The summed E-state index contributed by atoms with van der Waals surface area (Å²) < 4.78 is 5.00. The fourth-order valence-electron chi connectivity index (χ4n) is 3.90. The number of carbonyl (C=O) groups is 2. The van der Waals surface area contributed by atoms with E-state index in [0.717, 1.165) is 24.9 Å². The molecule has 2 aromatic rings. The van der Waals surface area contributed by atoms with Crippen LogP contribution in [0, 0.1) is 11.3 Å². The van der Waals surface area contributed by atoms with Crippen molar-refractivity contribution in [1.82, 2.24) is 4.90 Å². The van der Waals surface area contributed by atoms with Crippen molar-refractivity contribution < 1.29 is 14.0 Å². The van der Waals surface area contributed by atoms with E-state index in [0.29, 0.717) is 18.7 Å². The van der Waals surface area contributed by atoms with Crippen molar-refractivity contribution in [1.29, 1.82) is 0 Å². The molecule has 1 unspecified atom stereocenters. The van der Waals surface area contributed by atoms with Gasteiger partial charge in [-0.15, -0.1) is 11.8 Å². The molecule has 1 aromatic heterocycles. The zero-order valence-electron chi connectivity index (χ0n) is 14.7. The molecule has 136 valence electrons. The molecule has 1 spiro atoms. The van der Waals surface area contributed by atoms with Crippen molar-refractivity contribution in [3.63, 3.8) is 0 Å². The van der Waals surface area contributed by atoms with Crippen LogP contribution >= 0.6 is 11.8 Å². The van der Waals surface area contributed by atoms with E-state index in [2.05, 4.69) is 5.32 Å². The minimum Gasteiger partial charge on any atom is -0.472 e. The lowest BCUT2D eigenvalue weighted by molar-refractivity contribution is -0.118. The first kappa shape index (κ1) is 17.2. The molecule has 1 aliphatic heterocycles. The lowest BCUT2D eigenvalue weighted by Crippen LogP contribution is -2.40. The molecule has 26 heavy (non-hydrogen) atoms. The summed E-state index contributed by atoms with van der Waals surface area (Å²) in [6.07, 6.45) is 7.74. The van der Waals surface area contributed by atoms with Gasteiger partial charge in [-0.25, -0.2) is 0 Å². The molecule has 6 heteroatoms. The molecule has 2 fully saturated rings. The summed E-state index contributed by atoms with van der Waals surface area (Å²) in [5.41, 5.74) is 1.53. The van der Waals surface area contributed by atoms with E-state index in [1.807, 2.05) is 35.4 Å². The summed E-state index contributed by atoms with van der Waals surface area (Å²) in [5.74, 6) is 0.189. The first-order chi connectivity index (χ1) is 12.6. The summed E-state index contributed by atoms with van der Waals surface area (Å²) in [4.78, 5) is 28.0. The highest BCUT2D eigenvalue weighted by Gasteiger charge is 2.58. The van der Waals surface area contributed by atoms with Crippen LogP contribution in [0.25, 0.3) is 0 Å². The van der Waals surface area contributed by atoms with E-state index in [4.69, 9.17) is 4.42 Å². The summed E-state index contributed by atoms with van der Waals surface area (Å²) in [6.45, 7) is 1.41. The van der Waals surface area contributed by atoms with Crippen LogP contribution in [0.5, 0.6) is 0 Å². The Hall–Kier alpha value is -2.21. The number of rotatable bonds is 4. The van der Waals surface area contributed by atoms with Crippen LogP contribution in [-0.2, 0) is 4.79 Å². The number of piperidine rings is 1. The molecule has 1 aromatic carbocycles. The number of benzene rings is 1. The molecule has 0 radical (unpaired) electrons. The first-order valence-corrected chi connectivity index (χ1v) is 10.1. The maximum Gasteiger partial charge on any atom is 0.257 e. The predicted molar refractivity (Wildman–Crippen MR) is 101 cm³/mol. The van der Waals surface area contributed by atoms with Crippen LogP contribution in [-0.4, -0.2) is 36.1 Å². The molecule has 1 atom stereocenters. The Kier molecular flexibility index (Phi) is 4.53. The molecule has 0 bridgehead atoms. The molecule has 5 nitrogen and oxygen atoms in total. The van der Waals surface area contributed by atoms with E-state index in [9.17, 15) is 9.59 Å². The molecular formula is C20H22N2O3S. The van der Waals surface area contributed by atoms with Crippen LogP contribution in [0.4, 0.5) is 5.69 Å². The Morgan fingerprint density at radius 2 is 1.92 bits per heavy atom. The number of hydrogen-bond donors (Lipinski definition) is 1. The van der Waals surface area contributed by atoms with Crippen molar-refractivity contribution in [2.24, 2.45) is 11.3 Å². The topological polar surface area (TPSA) is 62.6 Å². The normalized spacial score (nSPS) is 20.8.